The van der Waals surface area contributed by atoms with Crippen LogP contribution in [0.4, 0.5) is 5.69 Å². The van der Waals surface area contributed by atoms with Crippen LogP contribution in [0.5, 0.6) is 5.75 Å². The third kappa shape index (κ3) is 6.22. The lowest BCUT2D eigenvalue weighted by Crippen LogP contribution is -2.50. The van der Waals surface area contributed by atoms with E-state index in [0.29, 0.717) is 6.61 Å². The highest BCUT2D eigenvalue weighted by atomic mass is 16.5. The average molecular weight is 431 g/mol. The molecule has 2 N–H and O–H groups in total. The van der Waals surface area contributed by atoms with E-state index in [9.17, 15) is 9.59 Å². The number of piperazine rings is 1. The van der Waals surface area contributed by atoms with Crippen LogP contribution in [0, 0.1) is 0 Å². The Morgan fingerprint density at radius 2 is 1.74 bits per heavy atom. The van der Waals surface area contributed by atoms with Crippen LogP contribution in [0.25, 0.3) is 0 Å². The Hall–Kier alpha value is -3.04. The molecule has 168 valence electrons. The molecule has 2 heterocycles. The van der Waals surface area contributed by atoms with Crippen LogP contribution < -0.4 is 20.3 Å². The molecule has 1 aliphatic heterocycles. The minimum absolute atomic E-state index is 0.149. The number of rotatable bonds is 9. The Morgan fingerprint density at radius 3 is 2.35 bits per heavy atom. The summed E-state index contributed by atoms with van der Waals surface area (Å²) in [5.41, 5.74) is 1.15. The van der Waals surface area contributed by atoms with Gasteiger partial charge in [0.05, 0.1) is 26.0 Å². The Balaban J connectivity index is 1.56. The van der Waals surface area contributed by atoms with Crippen LogP contribution >= 0.6 is 0 Å². The van der Waals surface area contributed by atoms with Gasteiger partial charge >= 0.3 is 11.8 Å². The summed E-state index contributed by atoms with van der Waals surface area (Å²) < 4.78 is 15.7. The molecule has 0 bridgehead atoms. The van der Waals surface area contributed by atoms with Crippen molar-refractivity contribution in [1.29, 1.82) is 0 Å². The zero-order valence-corrected chi connectivity index (χ0v) is 18.0. The lowest BCUT2D eigenvalue weighted by Gasteiger charge is -2.39. The molecule has 0 saturated carbocycles. The number of furan rings is 1. The zero-order chi connectivity index (χ0) is 22.1. The summed E-state index contributed by atoms with van der Waals surface area (Å²) in [5, 5.41) is 5.25. The maximum Gasteiger partial charge on any atom is 0.309 e. The monoisotopic (exact) mass is 430 g/mol. The van der Waals surface area contributed by atoms with Crippen LogP contribution in [0.2, 0.25) is 0 Å². The fourth-order valence-corrected chi connectivity index (χ4v) is 3.59. The number of anilines is 1. The lowest BCUT2D eigenvalue weighted by molar-refractivity contribution is -0.139. The molecule has 1 atom stereocenters. The van der Waals surface area contributed by atoms with Gasteiger partial charge in [-0.15, -0.1) is 0 Å². The van der Waals surface area contributed by atoms with Crippen LogP contribution in [-0.4, -0.2) is 76.8 Å². The highest BCUT2D eigenvalue weighted by molar-refractivity contribution is 6.35. The molecule has 1 aromatic heterocycles. The highest BCUT2D eigenvalue weighted by Crippen LogP contribution is 2.25. The number of nitrogens with zero attached hydrogens (tertiary/aromatic N) is 2. The molecular weight excluding hydrogens is 400 g/mol. The fourth-order valence-electron chi connectivity index (χ4n) is 3.59. The second-order valence-electron chi connectivity index (χ2n) is 7.21. The van der Waals surface area contributed by atoms with E-state index < -0.39 is 11.8 Å². The summed E-state index contributed by atoms with van der Waals surface area (Å²) in [4.78, 5) is 28.6. The van der Waals surface area contributed by atoms with Crippen molar-refractivity contribution < 1.29 is 23.5 Å². The second-order valence-corrected chi connectivity index (χ2v) is 7.21. The van der Waals surface area contributed by atoms with Gasteiger partial charge < -0.3 is 29.4 Å². The predicted octanol–water partition coefficient (Wildman–Crippen LogP) is 1.03. The molecule has 3 rings (SSSR count). The van der Waals surface area contributed by atoms with Crippen molar-refractivity contribution in [1.82, 2.24) is 15.5 Å². The van der Waals surface area contributed by atoms with Crippen LogP contribution in [0.3, 0.4) is 0 Å². The van der Waals surface area contributed by atoms with Crippen molar-refractivity contribution in [2.24, 2.45) is 0 Å². The number of hydrogen-bond acceptors (Lipinski definition) is 7. The molecule has 2 aromatic rings. The normalized spacial score (nSPS) is 15.4. The maximum absolute atomic E-state index is 12.2. The quantitative estimate of drug-likeness (QED) is 0.453. The minimum atomic E-state index is -0.667. The molecule has 0 unspecified atom stereocenters. The summed E-state index contributed by atoms with van der Waals surface area (Å²) in [7, 11) is 3.19. The number of methoxy groups -OCH3 is 2. The second kappa shape index (κ2) is 11.4. The van der Waals surface area contributed by atoms with Gasteiger partial charge in [-0.05, 0) is 36.4 Å². The van der Waals surface area contributed by atoms with Crippen LogP contribution in [0.1, 0.15) is 11.8 Å². The molecule has 0 spiro atoms. The van der Waals surface area contributed by atoms with Crippen molar-refractivity contribution in [2.75, 3.05) is 65.0 Å². The van der Waals surface area contributed by atoms with E-state index in [1.54, 1.807) is 13.4 Å². The van der Waals surface area contributed by atoms with Crippen LogP contribution in [-0.2, 0) is 14.3 Å². The number of carbonyl (C=O) groups excluding carboxylic acids is 2. The molecule has 1 aliphatic rings. The van der Waals surface area contributed by atoms with E-state index in [2.05, 4.69) is 32.6 Å². The fraction of sp³-hybridized carbons (Fsp3) is 0.455. The SMILES string of the molecule is COCCNC(=O)C(=O)NC[C@H](c1ccco1)N1CCN(c2ccc(OC)cc2)CC1. The predicted molar refractivity (Wildman–Crippen MR) is 116 cm³/mol. The average Bonchev–Trinajstić information content (AvgIpc) is 3.34. The first-order chi connectivity index (χ1) is 15.1. The summed E-state index contributed by atoms with van der Waals surface area (Å²) in [6.45, 7) is 4.21. The van der Waals surface area contributed by atoms with Gasteiger partial charge in [0.1, 0.15) is 11.5 Å². The third-order valence-electron chi connectivity index (χ3n) is 5.32. The maximum atomic E-state index is 12.2. The Bertz CT molecular complexity index is 817. The number of ether oxygens (including phenoxy) is 2. The van der Waals surface area contributed by atoms with Gasteiger partial charge in [0.25, 0.3) is 0 Å². The Kier molecular flexibility index (Phi) is 8.31. The van der Waals surface area contributed by atoms with Crippen LogP contribution in [0.15, 0.2) is 47.1 Å². The molecule has 1 fully saturated rings. The van der Waals surface area contributed by atoms with E-state index in [4.69, 9.17) is 13.9 Å². The van der Waals surface area contributed by atoms with Gasteiger partial charge in [-0.3, -0.25) is 14.5 Å². The van der Waals surface area contributed by atoms with Gasteiger partial charge in [0, 0.05) is 52.1 Å². The number of hydrogen-bond donors (Lipinski definition) is 2. The van der Waals surface area contributed by atoms with Gasteiger partial charge in [0.2, 0.25) is 0 Å². The molecular formula is C22H30N4O5. The van der Waals surface area contributed by atoms with E-state index in [1.807, 2.05) is 24.3 Å². The van der Waals surface area contributed by atoms with Crippen molar-refractivity contribution in [3.8, 4) is 5.75 Å². The molecule has 0 aliphatic carbocycles. The lowest BCUT2D eigenvalue weighted by atomic mass is 10.1. The van der Waals surface area contributed by atoms with Gasteiger partial charge in [-0.25, -0.2) is 0 Å². The minimum Gasteiger partial charge on any atom is -0.497 e. The third-order valence-corrected chi connectivity index (χ3v) is 5.32. The standard InChI is InChI=1S/C22H30N4O5/c1-29-15-9-23-21(27)22(28)24-16-19(20-4-3-14-31-20)26-12-10-25(11-13-26)17-5-7-18(30-2)8-6-17/h3-8,14,19H,9-13,15-16H2,1-2H3,(H,23,27)(H,24,28)/t19-/m1/s1. The van der Waals surface area contributed by atoms with Crippen molar-refractivity contribution >= 4 is 17.5 Å². The van der Waals surface area contributed by atoms with Gasteiger partial charge in [-0.1, -0.05) is 0 Å². The smallest absolute Gasteiger partial charge is 0.309 e. The van der Waals surface area contributed by atoms with Crippen molar-refractivity contribution in [2.45, 2.75) is 6.04 Å². The van der Waals surface area contributed by atoms with Crippen molar-refractivity contribution in [3.63, 3.8) is 0 Å². The molecule has 1 aromatic carbocycles. The number of benzene rings is 1. The summed E-state index contributed by atoms with van der Waals surface area (Å²) in [5.74, 6) is 0.268. The summed E-state index contributed by atoms with van der Waals surface area (Å²) >= 11 is 0. The van der Waals surface area contributed by atoms with Crippen molar-refractivity contribution in [3.05, 3.63) is 48.4 Å². The first-order valence-corrected chi connectivity index (χ1v) is 10.3. The number of amides is 2. The summed E-state index contributed by atoms with van der Waals surface area (Å²) in [6, 6.07) is 11.6. The summed E-state index contributed by atoms with van der Waals surface area (Å²) in [6.07, 6.45) is 1.62. The number of carbonyl (C=O) groups is 2. The van der Waals surface area contributed by atoms with E-state index in [-0.39, 0.29) is 19.1 Å². The first-order valence-electron chi connectivity index (χ1n) is 10.3. The van der Waals surface area contributed by atoms with E-state index in [1.165, 1.54) is 7.11 Å². The molecule has 0 radical (unpaired) electrons. The highest BCUT2D eigenvalue weighted by Gasteiger charge is 2.28. The zero-order valence-electron chi connectivity index (χ0n) is 18.0. The Labute approximate surface area is 182 Å². The number of nitrogens with one attached hydrogen (secondary N) is 2. The topological polar surface area (TPSA) is 96.3 Å². The largest absolute Gasteiger partial charge is 0.497 e. The molecule has 31 heavy (non-hydrogen) atoms. The molecule has 9 nitrogen and oxygen atoms in total. The first kappa shape index (κ1) is 22.6. The van der Waals surface area contributed by atoms with E-state index >= 15 is 0 Å². The van der Waals surface area contributed by atoms with Gasteiger partial charge in [0.15, 0.2) is 0 Å². The molecule has 9 heteroatoms. The molecule has 2 amide bonds. The molecule has 1 saturated heterocycles. The van der Waals surface area contributed by atoms with Gasteiger partial charge in [-0.2, -0.15) is 0 Å². The Morgan fingerprint density at radius 1 is 1.03 bits per heavy atom. The van der Waals surface area contributed by atoms with E-state index in [0.717, 1.165) is 43.4 Å².